The molecule has 5 rings (SSSR count). The van der Waals surface area contributed by atoms with Crippen LogP contribution in [0.1, 0.15) is 12.0 Å². The number of hydrogen-bond donors (Lipinski definition) is 2. The van der Waals surface area contributed by atoms with Gasteiger partial charge >= 0.3 is 0 Å². The number of halogens is 1. The van der Waals surface area contributed by atoms with E-state index in [0.29, 0.717) is 5.92 Å². The standard InChI is InChI=1S/C25H24ClN3/c26-22-16-15-21(19-13-7-8-14-20(19)22)25-28-23(17-9-3-1-4-10-17)27-24(29-25)18-11-5-2-6-12-18/h1-11,13-16,18,20,22,24-25,29H,12H2,(H,27,28). The average molecular weight is 402 g/mol. The molecule has 0 amide bonds. The van der Waals surface area contributed by atoms with Crippen molar-refractivity contribution in [3.05, 3.63) is 108 Å². The van der Waals surface area contributed by atoms with E-state index < -0.39 is 0 Å². The lowest BCUT2D eigenvalue weighted by atomic mass is 9.82. The van der Waals surface area contributed by atoms with E-state index in [1.54, 1.807) is 0 Å². The van der Waals surface area contributed by atoms with Gasteiger partial charge in [0.25, 0.3) is 0 Å². The highest BCUT2D eigenvalue weighted by atomic mass is 35.5. The number of benzene rings is 1. The molecule has 29 heavy (non-hydrogen) atoms. The molecule has 0 fully saturated rings. The lowest BCUT2D eigenvalue weighted by Gasteiger charge is -2.38. The number of rotatable bonds is 3. The quantitative estimate of drug-likeness (QED) is 0.724. The van der Waals surface area contributed by atoms with Crippen molar-refractivity contribution in [2.45, 2.75) is 24.1 Å². The van der Waals surface area contributed by atoms with Crippen LogP contribution in [0.5, 0.6) is 0 Å². The van der Waals surface area contributed by atoms with Gasteiger partial charge in [-0.3, -0.25) is 5.32 Å². The molecule has 3 nitrogen and oxygen atoms in total. The zero-order valence-corrected chi connectivity index (χ0v) is 16.8. The van der Waals surface area contributed by atoms with Crippen LogP contribution in [0.15, 0.2) is 107 Å². The molecule has 1 aromatic rings. The van der Waals surface area contributed by atoms with Crippen molar-refractivity contribution in [1.29, 1.82) is 0 Å². The predicted octanol–water partition coefficient (Wildman–Crippen LogP) is 4.63. The second kappa shape index (κ2) is 8.02. The minimum Gasteiger partial charge on any atom is -0.350 e. The van der Waals surface area contributed by atoms with Gasteiger partial charge in [0.1, 0.15) is 18.2 Å². The number of fused-ring (bicyclic) bond motifs is 1. The van der Waals surface area contributed by atoms with E-state index in [0.717, 1.165) is 17.8 Å². The van der Waals surface area contributed by atoms with Crippen LogP contribution in [0, 0.1) is 11.8 Å². The van der Waals surface area contributed by atoms with Crippen LogP contribution in [0.2, 0.25) is 0 Å². The number of allylic oxidation sites excluding steroid dienone is 9. The molecule has 0 radical (unpaired) electrons. The first kappa shape index (κ1) is 18.4. The molecule has 0 spiro atoms. The van der Waals surface area contributed by atoms with E-state index in [1.807, 2.05) is 6.07 Å². The molecule has 0 saturated heterocycles. The fourth-order valence-electron chi connectivity index (χ4n) is 4.34. The van der Waals surface area contributed by atoms with E-state index >= 15 is 0 Å². The van der Waals surface area contributed by atoms with E-state index in [2.05, 4.69) is 95.7 Å². The second-order valence-corrected chi connectivity index (χ2v) is 8.23. The number of hydrogen-bond acceptors (Lipinski definition) is 3. The van der Waals surface area contributed by atoms with Gasteiger partial charge in [-0.1, -0.05) is 91.1 Å². The van der Waals surface area contributed by atoms with Crippen LogP contribution < -0.4 is 10.6 Å². The maximum absolute atomic E-state index is 6.58. The topological polar surface area (TPSA) is 36.4 Å². The smallest absolute Gasteiger partial charge is 0.131 e. The maximum Gasteiger partial charge on any atom is 0.131 e. The van der Waals surface area contributed by atoms with Gasteiger partial charge in [-0.2, -0.15) is 0 Å². The van der Waals surface area contributed by atoms with Crippen molar-refractivity contribution in [2.75, 3.05) is 0 Å². The Bertz CT molecular complexity index is 981. The lowest BCUT2D eigenvalue weighted by molar-refractivity contribution is 0.358. The highest BCUT2D eigenvalue weighted by Crippen LogP contribution is 2.35. The third kappa shape index (κ3) is 3.68. The van der Waals surface area contributed by atoms with Crippen molar-refractivity contribution in [3.8, 4) is 0 Å². The number of alkyl halides is 1. The van der Waals surface area contributed by atoms with E-state index in [4.69, 9.17) is 16.6 Å². The fourth-order valence-corrected chi connectivity index (χ4v) is 4.63. The monoisotopic (exact) mass is 401 g/mol. The van der Waals surface area contributed by atoms with Crippen LogP contribution >= 0.6 is 11.6 Å². The molecule has 4 aliphatic rings. The van der Waals surface area contributed by atoms with Gasteiger partial charge < -0.3 is 5.32 Å². The first-order valence-corrected chi connectivity index (χ1v) is 10.6. The average Bonchev–Trinajstić information content (AvgIpc) is 2.80. The summed E-state index contributed by atoms with van der Waals surface area (Å²) in [7, 11) is 0. The van der Waals surface area contributed by atoms with Gasteiger partial charge in [-0.15, -0.1) is 11.6 Å². The first-order valence-electron chi connectivity index (χ1n) is 10.2. The Morgan fingerprint density at radius 1 is 0.897 bits per heavy atom. The summed E-state index contributed by atoms with van der Waals surface area (Å²) >= 11 is 6.58. The molecule has 0 aromatic heterocycles. The SMILES string of the molecule is ClC1C=CC(C2NC(c3ccccc3)=NC(C3C=CC=CC3)N2)=C2C=CC=CC21. The van der Waals surface area contributed by atoms with Gasteiger partial charge in [0, 0.05) is 17.4 Å². The van der Waals surface area contributed by atoms with Gasteiger partial charge in [-0.05, 0) is 17.6 Å². The molecule has 5 unspecified atom stereocenters. The van der Waals surface area contributed by atoms with E-state index in [-0.39, 0.29) is 23.6 Å². The van der Waals surface area contributed by atoms with Crippen LogP contribution in [0.3, 0.4) is 0 Å². The Hall–Kier alpha value is -2.62. The Kier molecular flexibility index (Phi) is 5.09. The summed E-state index contributed by atoms with van der Waals surface area (Å²) in [5, 5.41) is 7.38. The van der Waals surface area contributed by atoms with Crippen LogP contribution in [-0.4, -0.2) is 23.5 Å². The Morgan fingerprint density at radius 2 is 1.76 bits per heavy atom. The lowest BCUT2D eigenvalue weighted by Crippen LogP contribution is -2.57. The molecule has 4 heteroatoms. The largest absolute Gasteiger partial charge is 0.350 e. The second-order valence-electron chi connectivity index (χ2n) is 7.73. The van der Waals surface area contributed by atoms with Gasteiger partial charge in [0.05, 0.1) is 5.38 Å². The molecule has 2 N–H and O–H groups in total. The molecule has 0 bridgehead atoms. The summed E-state index contributed by atoms with van der Waals surface area (Å²) in [4.78, 5) is 5.04. The van der Waals surface area contributed by atoms with Crippen molar-refractivity contribution >= 4 is 17.4 Å². The Labute approximate surface area is 177 Å². The van der Waals surface area contributed by atoms with Crippen LogP contribution in [-0.2, 0) is 0 Å². The third-order valence-electron chi connectivity index (χ3n) is 5.86. The van der Waals surface area contributed by atoms with E-state index in [1.165, 1.54) is 11.1 Å². The molecule has 1 aliphatic heterocycles. The van der Waals surface area contributed by atoms with Crippen LogP contribution in [0.4, 0.5) is 0 Å². The minimum atomic E-state index is -0.0268. The van der Waals surface area contributed by atoms with Gasteiger partial charge in [0.15, 0.2) is 0 Å². The summed E-state index contributed by atoms with van der Waals surface area (Å²) in [6.45, 7) is 0. The third-order valence-corrected chi connectivity index (χ3v) is 6.28. The zero-order valence-electron chi connectivity index (χ0n) is 16.1. The summed E-state index contributed by atoms with van der Waals surface area (Å²) in [5.74, 6) is 1.48. The number of nitrogens with zero attached hydrogens (tertiary/aromatic N) is 1. The van der Waals surface area contributed by atoms with Gasteiger partial charge in [-0.25, -0.2) is 4.99 Å². The minimum absolute atomic E-state index is 0.00874. The molecule has 146 valence electrons. The highest BCUT2D eigenvalue weighted by Gasteiger charge is 2.33. The highest BCUT2D eigenvalue weighted by molar-refractivity contribution is 6.22. The number of aliphatic imine (C=N–C) groups is 1. The summed E-state index contributed by atoms with van der Waals surface area (Å²) in [6, 6.07) is 10.4. The summed E-state index contributed by atoms with van der Waals surface area (Å²) in [6.07, 6.45) is 22.5. The summed E-state index contributed by atoms with van der Waals surface area (Å²) in [5.41, 5.74) is 3.61. The van der Waals surface area contributed by atoms with Crippen molar-refractivity contribution < 1.29 is 0 Å². The molecule has 3 aliphatic carbocycles. The normalized spacial score (nSPS) is 32.7. The Balaban J connectivity index is 1.52. The molecule has 1 heterocycles. The fraction of sp³-hybridized carbons (Fsp3) is 0.240. The molecular formula is C25H24ClN3. The molecular weight excluding hydrogens is 378 g/mol. The van der Waals surface area contributed by atoms with Crippen molar-refractivity contribution in [2.24, 2.45) is 16.8 Å². The Morgan fingerprint density at radius 3 is 2.59 bits per heavy atom. The molecule has 1 aromatic carbocycles. The maximum atomic E-state index is 6.58. The predicted molar refractivity (Wildman–Crippen MR) is 121 cm³/mol. The van der Waals surface area contributed by atoms with Crippen molar-refractivity contribution in [1.82, 2.24) is 10.6 Å². The molecule has 0 saturated carbocycles. The summed E-state index contributed by atoms with van der Waals surface area (Å²) < 4.78 is 0. The van der Waals surface area contributed by atoms with Crippen LogP contribution in [0.25, 0.3) is 0 Å². The van der Waals surface area contributed by atoms with Gasteiger partial charge in [0.2, 0.25) is 0 Å². The zero-order chi connectivity index (χ0) is 19.6. The van der Waals surface area contributed by atoms with Crippen molar-refractivity contribution in [3.63, 3.8) is 0 Å². The molecule has 5 atom stereocenters. The first-order chi connectivity index (χ1) is 14.3. The number of nitrogens with one attached hydrogen (secondary N) is 2. The number of amidine groups is 1. The van der Waals surface area contributed by atoms with E-state index in [9.17, 15) is 0 Å².